The first kappa shape index (κ1) is 5.16. The molecule has 0 aromatic carbocycles. The third-order valence-electron chi connectivity index (χ3n) is 3.27. The van der Waals surface area contributed by atoms with Gasteiger partial charge < -0.3 is 4.90 Å². The fraction of sp³-hybridized carbons (Fsp3) is 0.875. The Kier molecular flexibility index (Phi) is 0.715. The quantitative estimate of drug-likeness (QED) is 0.451. The molecule has 3 rings (SSSR count). The van der Waals surface area contributed by atoms with E-state index in [4.69, 9.17) is 0 Å². The molecule has 0 radical (unpaired) electrons. The van der Waals surface area contributed by atoms with Crippen molar-refractivity contribution in [2.75, 3.05) is 0 Å². The van der Waals surface area contributed by atoms with Crippen LogP contribution in [0.4, 0.5) is 0 Å². The van der Waals surface area contributed by atoms with Gasteiger partial charge in [0.1, 0.15) is 0 Å². The topological polar surface area (TPSA) is 20.1 Å². The average Bonchev–Trinajstić information content (AvgIpc) is 2.51. The van der Waals surface area contributed by atoms with E-state index >= 15 is 0 Å². The van der Waals surface area contributed by atoms with Crippen molar-refractivity contribution in [3.63, 3.8) is 0 Å². The van der Waals surface area contributed by atoms with Crippen molar-refractivity contribution in [1.29, 1.82) is 0 Å². The molecule has 0 aromatic rings. The van der Waals surface area contributed by atoms with Crippen molar-refractivity contribution < 1.29 is 4.79 Å². The lowest BCUT2D eigenvalue weighted by atomic mass is 9.87. The molecule has 2 heteroatoms. The molecule has 3 aliphatic rings. The van der Waals surface area contributed by atoms with Crippen LogP contribution in [0.25, 0.3) is 0 Å². The summed E-state index contributed by atoms with van der Waals surface area (Å²) in [6, 6.07) is 1.40. The molecule has 0 N–H and O–H groups in total. The number of fused-ring (bicyclic) bond motifs is 1. The number of hydrogen-bond acceptors (Lipinski definition) is 1. The molecule has 1 saturated carbocycles. The third kappa shape index (κ3) is 0.414. The largest absolute Gasteiger partial charge is 0.332 e. The highest BCUT2D eigenvalue weighted by molar-refractivity contribution is 5.83. The third-order valence-corrected chi connectivity index (χ3v) is 3.27. The van der Waals surface area contributed by atoms with Gasteiger partial charge in [-0.3, -0.25) is 4.79 Å². The Hall–Kier alpha value is -0.530. The van der Waals surface area contributed by atoms with E-state index < -0.39 is 0 Å². The standard InChI is InChI=1S/C8H11NO/c10-7-4-5-2-1-3-6-8(5)9(6)7/h5-6,8H,1-4H2. The van der Waals surface area contributed by atoms with Gasteiger partial charge in [-0.2, -0.15) is 0 Å². The molecule has 54 valence electrons. The highest BCUT2D eigenvalue weighted by Gasteiger charge is 2.61. The summed E-state index contributed by atoms with van der Waals surface area (Å²) in [5, 5.41) is 0. The molecule has 10 heavy (non-hydrogen) atoms. The molecular formula is C8H11NO. The number of rotatable bonds is 0. The number of amides is 1. The normalized spacial score (nSPS) is 49.4. The van der Waals surface area contributed by atoms with Crippen LogP contribution in [0.1, 0.15) is 25.7 Å². The summed E-state index contributed by atoms with van der Waals surface area (Å²) in [6.07, 6.45) is 4.81. The maximum absolute atomic E-state index is 11.2. The summed E-state index contributed by atoms with van der Waals surface area (Å²) >= 11 is 0. The van der Waals surface area contributed by atoms with E-state index in [9.17, 15) is 4.79 Å². The lowest BCUT2D eigenvalue weighted by molar-refractivity contribution is -0.125. The molecule has 0 bridgehead atoms. The van der Waals surface area contributed by atoms with Crippen LogP contribution in [-0.2, 0) is 4.79 Å². The summed E-state index contributed by atoms with van der Waals surface area (Å²) in [4.78, 5) is 13.3. The van der Waals surface area contributed by atoms with Gasteiger partial charge in [0.2, 0.25) is 5.91 Å². The highest BCUT2D eigenvalue weighted by atomic mass is 16.2. The summed E-state index contributed by atoms with van der Waals surface area (Å²) < 4.78 is 0. The molecule has 3 atom stereocenters. The van der Waals surface area contributed by atoms with Gasteiger partial charge >= 0.3 is 0 Å². The zero-order chi connectivity index (χ0) is 6.72. The molecule has 2 saturated heterocycles. The molecule has 0 spiro atoms. The minimum atomic E-state index is 0.430. The zero-order valence-corrected chi connectivity index (χ0v) is 5.92. The van der Waals surface area contributed by atoms with Gasteiger partial charge in [-0.15, -0.1) is 0 Å². The monoisotopic (exact) mass is 137 g/mol. The second-order valence-electron chi connectivity index (χ2n) is 3.75. The first-order chi connectivity index (χ1) is 4.88. The minimum Gasteiger partial charge on any atom is -0.332 e. The van der Waals surface area contributed by atoms with Crippen molar-refractivity contribution >= 4 is 5.91 Å². The van der Waals surface area contributed by atoms with Crippen molar-refractivity contribution in [1.82, 2.24) is 4.90 Å². The van der Waals surface area contributed by atoms with E-state index in [0.717, 1.165) is 12.3 Å². The number of hydrogen-bond donors (Lipinski definition) is 0. The van der Waals surface area contributed by atoms with Gasteiger partial charge in [0.25, 0.3) is 0 Å². The molecule has 3 fully saturated rings. The fourth-order valence-corrected chi connectivity index (χ4v) is 2.82. The van der Waals surface area contributed by atoms with Gasteiger partial charge in [0.05, 0.1) is 12.1 Å². The average molecular weight is 137 g/mol. The van der Waals surface area contributed by atoms with Gasteiger partial charge in [0, 0.05) is 6.42 Å². The summed E-state index contributed by atoms with van der Waals surface area (Å²) in [7, 11) is 0. The van der Waals surface area contributed by atoms with Crippen molar-refractivity contribution in [2.24, 2.45) is 5.92 Å². The van der Waals surface area contributed by atoms with Crippen LogP contribution in [0.3, 0.4) is 0 Å². The van der Waals surface area contributed by atoms with Gasteiger partial charge in [-0.25, -0.2) is 0 Å². The van der Waals surface area contributed by atoms with Crippen LogP contribution in [0, 0.1) is 5.92 Å². The highest BCUT2D eigenvalue weighted by Crippen LogP contribution is 2.50. The Morgan fingerprint density at radius 2 is 2.30 bits per heavy atom. The minimum absolute atomic E-state index is 0.430. The molecular weight excluding hydrogens is 126 g/mol. The van der Waals surface area contributed by atoms with E-state index in [1.165, 1.54) is 19.3 Å². The molecule has 2 nitrogen and oxygen atoms in total. The summed E-state index contributed by atoms with van der Waals surface area (Å²) in [5.74, 6) is 1.19. The lowest BCUT2D eigenvalue weighted by Gasteiger charge is -2.15. The van der Waals surface area contributed by atoms with Crippen LogP contribution in [0.5, 0.6) is 0 Å². The maximum Gasteiger partial charge on any atom is 0.223 e. The molecule has 1 amide bonds. The predicted molar refractivity (Wildman–Crippen MR) is 36.4 cm³/mol. The van der Waals surface area contributed by atoms with Crippen LogP contribution in [0.2, 0.25) is 0 Å². The number of carbonyl (C=O) groups excluding carboxylic acids is 1. The fourth-order valence-electron chi connectivity index (χ4n) is 2.82. The van der Waals surface area contributed by atoms with E-state index in [1.54, 1.807) is 0 Å². The molecule has 2 heterocycles. The Labute approximate surface area is 60.2 Å². The lowest BCUT2D eigenvalue weighted by Crippen LogP contribution is -2.18. The molecule has 1 aliphatic carbocycles. The molecule has 3 unspecified atom stereocenters. The van der Waals surface area contributed by atoms with Gasteiger partial charge in [-0.1, -0.05) is 6.42 Å². The Morgan fingerprint density at radius 1 is 1.40 bits per heavy atom. The first-order valence-electron chi connectivity index (χ1n) is 4.19. The Morgan fingerprint density at radius 3 is 3.00 bits per heavy atom. The van der Waals surface area contributed by atoms with Crippen molar-refractivity contribution in [3.05, 3.63) is 0 Å². The maximum atomic E-state index is 11.2. The Balaban J connectivity index is 1.95. The first-order valence-corrected chi connectivity index (χ1v) is 4.19. The van der Waals surface area contributed by atoms with Gasteiger partial charge in [0.15, 0.2) is 0 Å². The Bertz CT molecular complexity index is 201. The number of carbonyl (C=O) groups is 1. The molecule has 2 aliphatic heterocycles. The number of nitrogens with zero attached hydrogens (tertiary/aromatic N) is 1. The predicted octanol–water partition coefficient (Wildman–Crippen LogP) is 0.770. The van der Waals surface area contributed by atoms with Crippen LogP contribution in [0.15, 0.2) is 0 Å². The smallest absolute Gasteiger partial charge is 0.223 e. The van der Waals surface area contributed by atoms with E-state index in [-0.39, 0.29) is 0 Å². The molecule has 0 aromatic heterocycles. The van der Waals surface area contributed by atoms with Gasteiger partial charge in [-0.05, 0) is 18.8 Å². The zero-order valence-electron chi connectivity index (χ0n) is 5.92. The number of piperidine rings is 1. The second kappa shape index (κ2) is 1.39. The second-order valence-corrected chi connectivity index (χ2v) is 3.75. The van der Waals surface area contributed by atoms with Crippen molar-refractivity contribution in [2.45, 2.75) is 37.8 Å². The van der Waals surface area contributed by atoms with E-state index in [0.29, 0.717) is 18.0 Å². The SMILES string of the molecule is O=C1CC2CCCC3C2N13. The van der Waals surface area contributed by atoms with Crippen molar-refractivity contribution in [3.8, 4) is 0 Å². The summed E-state index contributed by atoms with van der Waals surface area (Å²) in [6.45, 7) is 0. The van der Waals surface area contributed by atoms with Crippen LogP contribution >= 0.6 is 0 Å². The van der Waals surface area contributed by atoms with Crippen LogP contribution in [-0.4, -0.2) is 22.9 Å². The van der Waals surface area contributed by atoms with E-state index in [2.05, 4.69) is 4.90 Å². The summed E-state index contributed by atoms with van der Waals surface area (Å²) in [5.41, 5.74) is 0. The van der Waals surface area contributed by atoms with E-state index in [1.807, 2.05) is 0 Å². The van der Waals surface area contributed by atoms with Crippen LogP contribution < -0.4 is 0 Å².